The Kier molecular flexibility index (Phi) is 8.39. The van der Waals surface area contributed by atoms with Crippen molar-refractivity contribution in [3.8, 4) is 0 Å². The number of fused-ring (bicyclic) bond motifs is 1. The number of halogens is 1. The minimum Gasteiger partial charge on any atom is -0.379 e. The molecular formula is C26H30ClN5O5S. The van der Waals surface area contributed by atoms with Gasteiger partial charge in [0.05, 0.1) is 41.6 Å². The minimum atomic E-state index is -0.423. The van der Waals surface area contributed by atoms with E-state index in [0.717, 1.165) is 41.8 Å². The molecule has 0 saturated carbocycles. The summed E-state index contributed by atoms with van der Waals surface area (Å²) in [5, 5.41) is 13.2. The summed E-state index contributed by atoms with van der Waals surface area (Å²) >= 11 is 7.67. The fourth-order valence-corrected chi connectivity index (χ4v) is 6.29. The summed E-state index contributed by atoms with van der Waals surface area (Å²) in [5.41, 5.74) is 2.40. The number of hydrogen-bond donors (Lipinski definition) is 0. The zero-order valence-corrected chi connectivity index (χ0v) is 22.8. The summed E-state index contributed by atoms with van der Waals surface area (Å²) in [6.45, 7) is 8.48. The Morgan fingerprint density at radius 2 is 1.84 bits per heavy atom. The predicted molar refractivity (Wildman–Crippen MR) is 149 cm³/mol. The molecule has 38 heavy (non-hydrogen) atoms. The zero-order chi connectivity index (χ0) is 26.6. The normalized spacial score (nSPS) is 16.6. The molecule has 0 aliphatic carbocycles. The van der Waals surface area contributed by atoms with E-state index in [-0.39, 0.29) is 17.2 Å². The molecule has 2 aliphatic rings. The van der Waals surface area contributed by atoms with E-state index in [0.29, 0.717) is 61.9 Å². The topological polar surface area (TPSA) is 101 Å². The number of rotatable bonds is 8. The highest BCUT2D eigenvalue weighted by Gasteiger charge is 2.27. The van der Waals surface area contributed by atoms with E-state index in [1.165, 1.54) is 17.4 Å². The van der Waals surface area contributed by atoms with Gasteiger partial charge >= 0.3 is 0 Å². The predicted octanol–water partition coefficient (Wildman–Crippen LogP) is 4.37. The maximum atomic E-state index is 13.9. The van der Waals surface area contributed by atoms with Crippen LogP contribution in [0.5, 0.6) is 0 Å². The van der Waals surface area contributed by atoms with Crippen LogP contribution in [0, 0.1) is 17.0 Å². The van der Waals surface area contributed by atoms with E-state index in [1.807, 2.05) is 24.0 Å². The first-order chi connectivity index (χ1) is 18.4. The van der Waals surface area contributed by atoms with E-state index < -0.39 is 4.92 Å². The average molecular weight is 560 g/mol. The molecule has 2 saturated heterocycles. The van der Waals surface area contributed by atoms with Crippen LogP contribution < -0.4 is 9.80 Å². The third kappa shape index (κ3) is 5.92. The van der Waals surface area contributed by atoms with Crippen molar-refractivity contribution in [3.63, 3.8) is 0 Å². The number of benzene rings is 2. The molecule has 0 spiro atoms. The van der Waals surface area contributed by atoms with Crippen LogP contribution >= 0.6 is 22.9 Å². The number of nitro benzene ring substituents is 1. The fraction of sp³-hybridized carbons (Fsp3) is 0.462. The summed E-state index contributed by atoms with van der Waals surface area (Å²) in [6, 6.07) is 8.43. The monoisotopic (exact) mass is 559 g/mol. The number of nitrogens with zero attached hydrogens (tertiary/aromatic N) is 5. The number of thiazole rings is 1. The van der Waals surface area contributed by atoms with Crippen LogP contribution in [0.2, 0.25) is 5.02 Å². The van der Waals surface area contributed by atoms with Crippen molar-refractivity contribution in [2.75, 3.05) is 75.5 Å². The van der Waals surface area contributed by atoms with Gasteiger partial charge in [-0.25, -0.2) is 4.98 Å². The molecule has 1 aromatic heterocycles. The molecule has 5 rings (SSSR count). The maximum Gasteiger partial charge on any atom is 0.293 e. The number of carbonyl (C=O) groups excluding carboxylic acids is 1. The van der Waals surface area contributed by atoms with Gasteiger partial charge in [0.15, 0.2) is 5.13 Å². The number of carbonyl (C=O) groups is 1. The molecule has 2 fully saturated rings. The van der Waals surface area contributed by atoms with E-state index >= 15 is 0 Å². The van der Waals surface area contributed by atoms with E-state index in [9.17, 15) is 14.9 Å². The van der Waals surface area contributed by atoms with Crippen LogP contribution in [0.25, 0.3) is 10.2 Å². The minimum absolute atomic E-state index is 0.0852. The van der Waals surface area contributed by atoms with Gasteiger partial charge in [0.2, 0.25) is 0 Å². The largest absolute Gasteiger partial charge is 0.379 e. The molecule has 2 aromatic carbocycles. The Morgan fingerprint density at radius 3 is 2.55 bits per heavy atom. The first-order valence-corrected chi connectivity index (χ1v) is 13.9. The SMILES string of the molecule is Cc1cc(Cl)cc2sc(N(CCCN3CCOCC3)C(=O)c3ccc(N4CCOCC4)c([N+](=O)[O-])c3)nc12. The summed E-state index contributed by atoms with van der Waals surface area (Å²) in [5.74, 6) is -0.314. The van der Waals surface area contributed by atoms with Crippen LogP contribution in [0.15, 0.2) is 30.3 Å². The number of aryl methyl sites for hydroxylation is 1. The van der Waals surface area contributed by atoms with Gasteiger partial charge in [-0.3, -0.25) is 24.7 Å². The van der Waals surface area contributed by atoms with E-state index in [4.69, 9.17) is 26.1 Å². The Hall–Kier alpha value is -2.83. The van der Waals surface area contributed by atoms with Crippen LogP contribution in [0.4, 0.5) is 16.5 Å². The lowest BCUT2D eigenvalue weighted by atomic mass is 10.1. The molecule has 0 radical (unpaired) electrons. The van der Waals surface area contributed by atoms with Crippen molar-refractivity contribution in [2.24, 2.45) is 0 Å². The second-order valence-electron chi connectivity index (χ2n) is 9.39. The molecule has 1 amide bonds. The van der Waals surface area contributed by atoms with E-state index in [2.05, 4.69) is 4.90 Å². The standard InChI is InChI=1S/C26H30ClN5O5S/c1-18-15-20(27)17-23-24(18)28-26(38-23)31(6-2-5-29-7-11-36-12-8-29)25(33)19-3-4-21(22(16-19)32(34)35)30-9-13-37-14-10-30/h3-4,15-17H,2,5-14H2,1H3. The Bertz CT molecular complexity index is 1320. The highest BCUT2D eigenvalue weighted by molar-refractivity contribution is 7.22. The molecule has 2 aliphatic heterocycles. The second kappa shape index (κ2) is 11.9. The van der Waals surface area contributed by atoms with Gasteiger partial charge in [-0.2, -0.15) is 0 Å². The van der Waals surface area contributed by atoms with Crippen molar-refractivity contribution in [2.45, 2.75) is 13.3 Å². The van der Waals surface area contributed by atoms with Gasteiger partial charge < -0.3 is 14.4 Å². The summed E-state index contributed by atoms with van der Waals surface area (Å²) < 4.78 is 11.7. The number of nitro groups is 1. The molecule has 0 atom stereocenters. The number of morpholine rings is 2. The highest BCUT2D eigenvalue weighted by Crippen LogP contribution is 2.35. The second-order valence-corrected chi connectivity index (χ2v) is 10.8. The zero-order valence-electron chi connectivity index (χ0n) is 21.2. The molecule has 3 heterocycles. The number of ether oxygens (including phenoxy) is 2. The summed E-state index contributed by atoms with van der Waals surface area (Å²) in [4.78, 5) is 36.1. The van der Waals surface area contributed by atoms with Crippen LogP contribution in [0.3, 0.4) is 0 Å². The molecule has 3 aromatic rings. The summed E-state index contributed by atoms with van der Waals surface area (Å²) in [7, 11) is 0. The maximum absolute atomic E-state index is 13.9. The molecule has 10 nitrogen and oxygen atoms in total. The number of amides is 1. The van der Waals surface area contributed by atoms with Gasteiger partial charge in [0.1, 0.15) is 5.69 Å². The van der Waals surface area contributed by atoms with E-state index in [1.54, 1.807) is 17.0 Å². The van der Waals surface area contributed by atoms with Gasteiger partial charge in [-0.15, -0.1) is 0 Å². The highest BCUT2D eigenvalue weighted by atomic mass is 35.5. The van der Waals surface area contributed by atoms with Gasteiger partial charge in [0.25, 0.3) is 11.6 Å². The molecule has 12 heteroatoms. The van der Waals surface area contributed by atoms with Gasteiger partial charge in [0, 0.05) is 55.9 Å². The van der Waals surface area contributed by atoms with Gasteiger partial charge in [-0.1, -0.05) is 22.9 Å². The van der Waals surface area contributed by atoms with Crippen molar-refractivity contribution in [3.05, 3.63) is 56.6 Å². The smallest absolute Gasteiger partial charge is 0.293 e. The lowest BCUT2D eigenvalue weighted by Crippen LogP contribution is -2.39. The summed E-state index contributed by atoms with van der Waals surface area (Å²) in [6.07, 6.45) is 0.732. The van der Waals surface area contributed by atoms with Crippen molar-refractivity contribution < 1.29 is 19.2 Å². The molecule has 202 valence electrons. The Morgan fingerprint density at radius 1 is 1.13 bits per heavy atom. The van der Waals surface area contributed by atoms with Crippen molar-refractivity contribution in [1.29, 1.82) is 0 Å². The third-order valence-electron chi connectivity index (χ3n) is 6.85. The van der Waals surface area contributed by atoms with Crippen LogP contribution in [0.1, 0.15) is 22.3 Å². The quantitative estimate of drug-likeness (QED) is 0.296. The average Bonchev–Trinajstić information content (AvgIpc) is 3.35. The fourth-order valence-electron chi connectivity index (χ4n) is 4.85. The Labute approximate surface area is 229 Å². The first-order valence-electron chi connectivity index (χ1n) is 12.7. The van der Waals surface area contributed by atoms with Crippen molar-refractivity contribution >= 4 is 55.6 Å². The first kappa shape index (κ1) is 26.8. The molecule has 0 bridgehead atoms. The third-order valence-corrected chi connectivity index (χ3v) is 8.09. The lowest BCUT2D eigenvalue weighted by molar-refractivity contribution is -0.384. The Balaban J connectivity index is 1.45. The molecular weight excluding hydrogens is 530 g/mol. The number of hydrogen-bond acceptors (Lipinski definition) is 9. The van der Waals surface area contributed by atoms with Crippen LogP contribution in [-0.4, -0.2) is 86.4 Å². The number of anilines is 2. The van der Waals surface area contributed by atoms with Crippen molar-refractivity contribution in [1.82, 2.24) is 9.88 Å². The van der Waals surface area contributed by atoms with Gasteiger partial charge in [-0.05, 0) is 43.2 Å². The lowest BCUT2D eigenvalue weighted by Gasteiger charge is -2.29. The number of aromatic nitrogens is 1. The molecule has 0 unspecified atom stereocenters. The van der Waals surface area contributed by atoms with Crippen LogP contribution in [-0.2, 0) is 9.47 Å². The molecule has 0 N–H and O–H groups in total.